The number of hydrogen-bond donors (Lipinski definition) is 9. The van der Waals surface area contributed by atoms with Crippen molar-refractivity contribution in [3.63, 3.8) is 0 Å². The first-order chi connectivity index (χ1) is 31.7. The lowest BCUT2D eigenvalue weighted by atomic mass is 9.86. The molecule has 8 unspecified atom stereocenters. The molecule has 0 bridgehead atoms. The number of carbonyl (C=O) groups is 7. The highest BCUT2D eigenvalue weighted by molar-refractivity contribution is 5.96. The number of carboxylic acids is 1. The Labute approximate surface area is 397 Å². The third-order valence-electron chi connectivity index (χ3n) is 13.7. The van der Waals surface area contributed by atoms with Crippen LogP contribution in [0.25, 0.3) is 0 Å². The van der Waals surface area contributed by atoms with Gasteiger partial charge in [-0.1, -0.05) is 55.4 Å². The molecule has 390 valence electrons. The van der Waals surface area contributed by atoms with Crippen LogP contribution in [0.4, 0.5) is 0 Å². The Morgan fingerprint density at radius 2 is 1.28 bits per heavy atom. The first-order valence-electron chi connectivity index (χ1n) is 23.8. The summed E-state index contributed by atoms with van der Waals surface area (Å²) >= 11 is 0. The van der Waals surface area contributed by atoms with E-state index in [1.165, 1.54) is 18.7 Å². The lowest BCUT2D eigenvalue weighted by Gasteiger charge is -2.47. The van der Waals surface area contributed by atoms with Crippen LogP contribution in [-0.2, 0) is 52.5 Å². The molecule has 3 saturated heterocycles. The fraction of sp³-hybridized carbons (Fsp3) is 0.848. The van der Waals surface area contributed by atoms with Gasteiger partial charge < -0.3 is 80.8 Å². The van der Waals surface area contributed by atoms with Crippen LogP contribution in [-0.4, -0.2) is 182 Å². The van der Waals surface area contributed by atoms with E-state index in [0.29, 0.717) is 12.8 Å². The van der Waals surface area contributed by atoms with Crippen molar-refractivity contribution in [1.82, 2.24) is 15.5 Å². The fourth-order valence-electron chi connectivity index (χ4n) is 8.77. The predicted molar refractivity (Wildman–Crippen MR) is 236 cm³/mol. The summed E-state index contributed by atoms with van der Waals surface area (Å²) in [6, 6.07) is -4.20. The molecule has 22 nitrogen and oxygen atoms in total. The largest absolute Gasteiger partial charge is 0.548 e. The van der Waals surface area contributed by atoms with Crippen LogP contribution in [0.2, 0.25) is 0 Å². The molecule has 18 atom stereocenters. The molecule has 0 aromatic heterocycles. The summed E-state index contributed by atoms with van der Waals surface area (Å²) in [5, 5.41) is 78.3. The second-order valence-corrected chi connectivity index (χ2v) is 19.9. The zero-order chi connectivity index (χ0) is 51.6. The monoisotopic (exact) mass is 975 g/mol. The van der Waals surface area contributed by atoms with Crippen LogP contribution in [0.5, 0.6) is 0 Å². The first kappa shape index (κ1) is 58.8. The van der Waals surface area contributed by atoms with Gasteiger partial charge in [-0.25, -0.2) is 0 Å². The van der Waals surface area contributed by atoms with Gasteiger partial charge in [-0.2, -0.15) is 0 Å². The Morgan fingerprint density at radius 1 is 0.721 bits per heavy atom. The highest BCUT2D eigenvalue weighted by Gasteiger charge is 2.51. The van der Waals surface area contributed by atoms with Gasteiger partial charge in [-0.15, -0.1) is 0 Å². The zero-order valence-electron chi connectivity index (χ0n) is 41.0. The number of ketones is 3. The maximum Gasteiger partial charge on any atom is 0.227 e. The number of hydrogen-bond acceptors (Lipinski definition) is 18. The predicted octanol–water partition coefficient (Wildman–Crippen LogP) is -3.65. The van der Waals surface area contributed by atoms with Crippen molar-refractivity contribution in [1.29, 1.82) is 0 Å². The van der Waals surface area contributed by atoms with Gasteiger partial charge >= 0.3 is 0 Å². The van der Waals surface area contributed by atoms with Gasteiger partial charge in [0.05, 0.1) is 43.4 Å². The molecule has 3 aliphatic rings. The van der Waals surface area contributed by atoms with E-state index in [1.54, 1.807) is 55.4 Å². The summed E-state index contributed by atoms with van der Waals surface area (Å²) in [7, 11) is 0. The maximum absolute atomic E-state index is 14.2. The first-order valence-corrected chi connectivity index (χ1v) is 23.8. The molecule has 68 heavy (non-hydrogen) atoms. The average molecular weight is 975 g/mol. The van der Waals surface area contributed by atoms with Gasteiger partial charge in [0.1, 0.15) is 42.7 Å². The van der Waals surface area contributed by atoms with Crippen molar-refractivity contribution in [2.24, 2.45) is 41.4 Å². The number of carbonyl (C=O) groups excluding carboxylic acids is 7. The molecule has 0 spiro atoms. The molecule has 11 N–H and O–H groups in total. The lowest BCUT2D eigenvalue weighted by molar-refractivity contribution is -0.432. The molecule has 3 amide bonds. The Kier molecular flexibility index (Phi) is 22.5. The number of Topliss-reactive ketones (excluding diaryl/α,β-unsaturated/α-hetero) is 3. The second-order valence-electron chi connectivity index (χ2n) is 19.9. The summed E-state index contributed by atoms with van der Waals surface area (Å²) in [6.07, 6.45) is -14.2. The van der Waals surface area contributed by atoms with E-state index >= 15 is 0 Å². The number of amides is 3. The van der Waals surface area contributed by atoms with Crippen molar-refractivity contribution in [2.45, 2.75) is 187 Å². The van der Waals surface area contributed by atoms with E-state index in [2.05, 4.69) is 16.4 Å². The smallest absolute Gasteiger partial charge is 0.227 e. The van der Waals surface area contributed by atoms with Gasteiger partial charge in [0, 0.05) is 49.5 Å². The summed E-state index contributed by atoms with van der Waals surface area (Å²) in [6.45, 7) is 15.2. The summed E-state index contributed by atoms with van der Waals surface area (Å²) in [4.78, 5) is 94.3. The van der Waals surface area contributed by atoms with E-state index in [1.807, 2.05) is 0 Å². The van der Waals surface area contributed by atoms with E-state index in [4.69, 9.17) is 18.9 Å². The molecule has 0 aliphatic carbocycles. The summed E-state index contributed by atoms with van der Waals surface area (Å²) < 4.78 is 23.3. The number of aliphatic hydroxyl groups is 6. The van der Waals surface area contributed by atoms with E-state index in [0.717, 1.165) is 0 Å². The van der Waals surface area contributed by atoms with Crippen molar-refractivity contribution in [2.75, 3.05) is 19.8 Å². The number of aliphatic carboxylic acids is 1. The van der Waals surface area contributed by atoms with E-state index < -0.39 is 164 Å². The minimum absolute atomic E-state index is 0.247. The number of rotatable bonds is 25. The molecule has 22 heteroatoms. The highest BCUT2D eigenvalue weighted by Crippen LogP contribution is 2.34. The molecule has 0 saturated carbocycles. The standard InChI is InChI=1S/C46H78N4O18/c1-19(2)26(42(61)49-35(21(5)6)44(63)64)15-29(53)24(9)48-41(60)22(7)14-30(54)28-12-11-13-50(28)43(62)27(20(3)4)16-31(55)34(47)25(10)65-45-23(8)40(37(57)33(18-52)66-45)68-46-39(59)38(58)36(56)32(17-51)67-46/h19-28,32-40,45-46,51-52,56-59H,11-18,47H2,1-10H3,(H,48,60)(H,49,61)(H,63,64)/t22?,23?,24-,25?,26?,27?,28-,32?,33?,34-,35-,36-,37-,38-,39?,40+,45-,46-/m0/s1. The molecular weight excluding hydrogens is 897 g/mol. The topological polar surface area (TPSA) is 356 Å². The van der Waals surface area contributed by atoms with Gasteiger partial charge in [0.25, 0.3) is 0 Å². The van der Waals surface area contributed by atoms with Crippen molar-refractivity contribution in [3.05, 3.63) is 0 Å². The van der Waals surface area contributed by atoms with Crippen molar-refractivity contribution >= 4 is 41.0 Å². The van der Waals surface area contributed by atoms with E-state index in [-0.39, 0.29) is 43.4 Å². The van der Waals surface area contributed by atoms with Gasteiger partial charge in [-0.3, -0.25) is 28.8 Å². The van der Waals surface area contributed by atoms with Crippen LogP contribution in [0.1, 0.15) is 101 Å². The van der Waals surface area contributed by atoms with E-state index in [9.17, 15) is 69.3 Å². The number of nitrogens with zero attached hydrogens (tertiary/aromatic N) is 1. The van der Waals surface area contributed by atoms with Crippen LogP contribution in [0.15, 0.2) is 0 Å². The van der Waals surface area contributed by atoms with Crippen molar-refractivity contribution in [3.8, 4) is 0 Å². The number of nitrogens with one attached hydrogen (secondary N) is 2. The summed E-state index contributed by atoms with van der Waals surface area (Å²) in [5.74, 6) is -8.97. The quantitative estimate of drug-likeness (QED) is 0.0426. The molecule has 0 radical (unpaired) electrons. The SMILES string of the molecule is CC(CC(=O)[C@@H]1CCCN1C(=O)C(CC(=O)[C@@H]([NH3+])C(C)O[C@H]1OC(CO)[C@H](O)[C@H](O[C@@H]2OC(CO)[C@H](O)[C@H](O)C2O)C1C)C(C)C)C(=O)N[C@@H](C)C(=O)CC(C(=O)N[C@H](C(=O)[O-])C(C)C)C(C)C. The second kappa shape index (κ2) is 26.1. The number of likely N-dealkylation sites (tertiary alicyclic amines) is 1. The van der Waals surface area contributed by atoms with Gasteiger partial charge in [0.15, 0.2) is 36.0 Å². The molecule has 0 aromatic carbocycles. The van der Waals surface area contributed by atoms with Crippen LogP contribution in [0.3, 0.4) is 0 Å². The molecule has 3 aliphatic heterocycles. The number of ether oxygens (including phenoxy) is 4. The third kappa shape index (κ3) is 14.7. The zero-order valence-corrected chi connectivity index (χ0v) is 41.0. The molecule has 3 fully saturated rings. The summed E-state index contributed by atoms with van der Waals surface area (Å²) in [5.41, 5.74) is 4.02. The average Bonchev–Trinajstić information content (AvgIpc) is 3.78. The van der Waals surface area contributed by atoms with Crippen molar-refractivity contribution < 1.29 is 94.0 Å². The molecular formula is C46H78N4O18. The van der Waals surface area contributed by atoms with Crippen LogP contribution in [0, 0.1) is 41.4 Å². The lowest BCUT2D eigenvalue weighted by Crippen LogP contribution is -2.71. The van der Waals surface area contributed by atoms with Gasteiger partial charge in [0.2, 0.25) is 17.7 Å². The normalized spacial score (nSPS) is 30.8. The van der Waals surface area contributed by atoms with Gasteiger partial charge in [-0.05, 0) is 44.4 Å². The molecule has 3 heterocycles. The number of quaternary nitrogens is 1. The Morgan fingerprint density at radius 3 is 1.82 bits per heavy atom. The molecule has 3 rings (SSSR count). The Bertz CT molecular complexity index is 1730. The number of aliphatic hydroxyl groups excluding tert-OH is 6. The van der Waals surface area contributed by atoms with Crippen LogP contribution >= 0.6 is 0 Å². The number of carboxylic acid groups (broad SMARTS) is 1. The minimum Gasteiger partial charge on any atom is -0.548 e. The minimum atomic E-state index is -1.78. The molecule has 0 aromatic rings. The Hall–Kier alpha value is -3.55. The maximum atomic E-state index is 14.2. The van der Waals surface area contributed by atoms with Crippen LogP contribution < -0.4 is 21.5 Å². The Balaban J connectivity index is 1.62. The fourth-order valence-corrected chi connectivity index (χ4v) is 8.77. The third-order valence-corrected chi connectivity index (χ3v) is 13.7. The highest BCUT2D eigenvalue weighted by atomic mass is 16.7.